The molecule has 0 unspecified atom stereocenters. The fraction of sp³-hybridized carbons (Fsp3) is 0. The monoisotopic (exact) mass is 135 g/mol. The van der Waals surface area contributed by atoms with Crippen LogP contribution in [-0.2, 0) is 0 Å². The predicted molar refractivity (Wildman–Crippen MR) is 33.3 cm³/mol. The van der Waals surface area contributed by atoms with Crippen LogP contribution in [0.25, 0.3) is 5.71 Å². The van der Waals surface area contributed by atoms with Crippen LogP contribution in [0.3, 0.4) is 0 Å². The summed E-state index contributed by atoms with van der Waals surface area (Å²) < 4.78 is 6.43. The predicted octanol–water partition coefficient (Wildman–Crippen LogP) is 0.407. The third-order valence-electron chi connectivity index (χ3n) is 1.29. The Morgan fingerprint density at radius 3 is 3.30 bits per heavy atom. The lowest BCUT2D eigenvalue weighted by molar-refractivity contribution is 0.417. The molecule has 0 saturated carbocycles. The maximum Gasteiger partial charge on any atom is 0.235 e. The highest BCUT2D eigenvalue weighted by Crippen LogP contribution is 1.95. The maximum atomic E-state index is 7.32. The Hall–Kier alpha value is -1.58. The van der Waals surface area contributed by atoms with Crippen LogP contribution in [-0.4, -0.2) is 9.56 Å². The zero-order valence-electron chi connectivity index (χ0n) is 5.11. The largest absolute Gasteiger partial charge is 0.338 e. The van der Waals surface area contributed by atoms with Crippen molar-refractivity contribution >= 4 is 5.71 Å². The lowest BCUT2D eigenvalue weighted by Crippen LogP contribution is -2.09. The summed E-state index contributed by atoms with van der Waals surface area (Å²) in [5.74, 6) is 0. The van der Waals surface area contributed by atoms with E-state index >= 15 is 0 Å². The number of aromatic nitrogens is 2. The van der Waals surface area contributed by atoms with Crippen LogP contribution in [0.4, 0.5) is 0 Å². The number of rotatable bonds is 0. The second-order valence-corrected chi connectivity index (χ2v) is 1.93. The minimum atomic E-state index is 0.325. The maximum absolute atomic E-state index is 7.32. The Balaban J connectivity index is 3.09. The minimum Gasteiger partial charge on any atom is -0.338 e. The topological polar surface area (TPSA) is 54.3 Å². The molecule has 0 aromatic carbocycles. The SMILES string of the molecule is N=c1cnoc2cccn12. The first-order valence-corrected chi connectivity index (χ1v) is 2.84. The quantitative estimate of drug-likeness (QED) is 0.568. The molecule has 10 heavy (non-hydrogen) atoms. The van der Waals surface area contributed by atoms with Gasteiger partial charge in [-0.25, -0.2) is 0 Å². The first-order valence-electron chi connectivity index (χ1n) is 2.84. The zero-order valence-corrected chi connectivity index (χ0v) is 5.11. The van der Waals surface area contributed by atoms with Crippen LogP contribution in [0.5, 0.6) is 0 Å². The number of nitrogens with zero attached hydrogens (tertiary/aromatic N) is 2. The van der Waals surface area contributed by atoms with Crippen molar-refractivity contribution < 1.29 is 4.52 Å². The normalized spacial score (nSPS) is 10.4. The highest BCUT2D eigenvalue weighted by atomic mass is 16.5. The summed E-state index contributed by atoms with van der Waals surface area (Å²) in [5.41, 5.74) is 0.916. The fourth-order valence-electron chi connectivity index (χ4n) is 0.831. The third-order valence-corrected chi connectivity index (χ3v) is 1.29. The van der Waals surface area contributed by atoms with Gasteiger partial charge in [0, 0.05) is 12.3 Å². The fourth-order valence-corrected chi connectivity index (χ4v) is 0.831. The van der Waals surface area contributed by atoms with Gasteiger partial charge in [0.1, 0.15) is 6.20 Å². The highest BCUT2D eigenvalue weighted by Gasteiger charge is 1.92. The first kappa shape index (κ1) is 5.22. The van der Waals surface area contributed by atoms with E-state index in [2.05, 4.69) is 5.16 Å². The Bertz CT molecular complexity index is 400. The van der Waals surface area contributed by atoms with Gasteiger partial charge in [-0.1, -0.05) is 5.16 Å². The highest BCUT2D eigenvalue weighted by molar-refractivity contribution is 5.32. The number of nitrogens with one attached hydrogen (secondary N) is 1. The Morgan fingerprint density at radius 2 is 2.50 bits per heavy atom. The van der Waals surface area contributed by atoms with Crippen LogP contribution in [0.2, 0.25) is 0 Å². The molecular weight excluding hydrogens is 130 g/mol. The van der Waals surface area contributed by atoms with Crippen LogP contribution in [0.1, 0.15) is 0 Å². The molecular formula is C6H5N3O. The van der Waals surface area contributed by atoms with E-state index < -0.39 is 0 Å². The molecule has 0 radical (unpaired) electrons. The van der Waals surface area contributed by atoms with E-state index in [1.54, 1.807) is 22.7 Å². The van der Waals surface area contributed by atoms with Crippen molar-refractivity contribution in [3.63, 3.8) is 0 Å². The molecule has 0 aliphatic carbocycles. The van der Waals surface area contributed by atoms with Crippen molar-refractivity contribution in [2.45, 2.75) is 0 Å². The lowest BCUT2D eigenvalue weighted by atomic mass is 10.7. The molecule has 4 nitrogen and oxygen atoms in total. The van der Waals surface area contributed by atoms with E-state index in [-0.39, 0.29) is 0 Å². The average molecular weight is 135 g/mol. The molecule has 0 saturated heterocycles. The molecule has 0 spiro atoms. The summed E-state index contributed by atoms with van der Waals surface area (Å²) in [6.45, 7) is 0. The molecule has 0 aliphatic heterocycles. The summed E-state index contributed by atoms with van der Waals surface area (Å²) in [6.07, 6.45) is 3.11. The number of hydrogen-bond acceptors (Lipinski definition) is 3. The molecule has 2 heterocycles. The average Bonchev–Trinajstić information content (AvgIpc) is 2.36. The summed E-state index contributed by atoms with van der Waals surface area (Å²) in [6, 6.07) is 3.56. The van der Waals surface area contributed by atoms with Gasteiger partial charge >= 0.3 is 0 Å². The second-order valence-electron chi connectivity index (χ2n) is 1.93. The van der Waals surface area contributed by atoms with Crippen molar-refractivity contribution in [2.75, 3.05) is 0 Å². The second kappa shape index (κ2) is 1.70. The van der Waals surface area contributed by atoms with Crippen LogP contribution < -0.4 is 5.49 Å². The molecule has 0 fully saturated rings. The van der Waals surface area contributed by atoms with Gasteiger partial charge in [-0.15, -0.1) is 0 Å². The van der Waals surface area contributed by atoms with Gasteiger partial charge in [-0.2, -0.15) is 0 Å². The molecule has 0 aliphatic rings. The van der Waals surface area contributed by atoms with E-state index in [0.717, 1.165) is 0 Å². The molecule has 50 valence electrons. The number of fused-ring (bicyclic) bond motifs is 1. The lowest BCUT2D eigenvalue weighted by Gasteiger charge is -1.88. The van der Waals surface area contributed by atoms with Crippen molar-refractivity contribution in [1.82, 2.24) is 9.56 Å². The van der Waals surface area contributed by atoms with Crippen molar-refractivity contribution in [3.8, 4) is 0 Å². The van der Waals surface area contributed by atoms with Gasteiger partial charge in [0.2, 0.25) is 5.71 Å². The van der Waals surface area contributed by atoms with Gasteiger partial charge in [0.25, 0.3) is 0 Å². The van der Waals surface area contributed by atoms with E-state index in [4.69, 9.17) is 9.93 Å². The molecule has 0 amide bonds. The molecule has 0 bridgehead atoms. The van der Waals surface area contributed by atoms with Gasteiger partial charge in [0.15, 0.2) is 5.49 Å². The Kier molecular flexibility index (Phi) is 0.887. The molecule has 2 aromatic rings. The zero-order chi connectivity index (χ0) is 6.97. The van der Waals surface area contributed by atoms with Crippen molar-refractivity contribution in [1.29, 1.82) is 5.41 Å². The van der Waals surface area contributed by atoms with E-state index in [0.29, 0.717) is 11.2 Å². The molecule has 1 N–H and O–H groups in total. The Labute approximate surface area is 56.2 Å². The van der Waals surface area contributed by atoms with E-state index in [9.17, 15) is 0 Å². The van der Waals surface area contributed by atoms with Crippen molar-refractivity contribution in [3.05, 3.63) is 30.0 Å². The third kappa shape index (κ3) is 0.556. The van der Waals surface area contributed by atoms with Crippen LogP contribution in [0.15, 0.2) is 29.0 Å². The summed E-state index contributed by atoms with van der Waals surface area (Å²) in [4.78, 5) is 0. The van der Waals surface area contributed by atoms with E-state index in [1.165, 1.54) is 6.20 Å². The van der Waals surface area contributed by atoms with Gasteiger partial charge in [0.05, 0.1) is 0 Å². The smallest absolute Gasteiger partial charge is 0.235 e. The van der Waals surface area contributed by atoms with E-state index in [1.807, 2.05) is 0 Å². The standard InChI is InChI=1S/C6H5N3O/c7-5-4-8-10-6-2-1-3-9(5)6/h1-4,7H. The summed E-state index contributed by atoms with van der Waals surface area (Å²) >= 11 is 0. The summed E-state index contributed by atoms with van der Waals surface area (Å²) in [7, 11) is 0. The molecule has 4 heteroatoms. The molecule has 2 rings (SSSR count). The van der Waals surface area contributed by atoms with Crippen LogP contribution in [0, 0.1) is 5.41 Å². The minimum absolute atomic E-state index is 0.325. The van der Waals surface area contributed by atoms with Crippen molar-refractivity contribution in [2.24, 2.45) is 0 Å². The van der Waals surface area contributed by atoms with Gasteiger partial charge < -0.3 is 4.52 Å². The molecule has 0 atom stereocenters. The summed E-state index contributed by atoms with van der Waals surface area (Å²) in [5, 5.41) is 10.8. The number of hydrogen-bond donors (Lipinski definition) is 1. The van der Waals surface area contributed by atoms with Gasteiger partial charge in [-0.3, -0.25) is 9.81 Å². The molecule has 2 aromatic heterocycles. The first-order chi connectivity index (χ1) is 4.88. The van der Waals surface area contributed by atoms with Crippen LogP contribution >= 0.6 is 0 Å². The van der Waals surface area contributed by atoms with Gasteiger partial charge in [-0.05, 0) is 6.07 Å². The Morgan fingerprint density at radius 1 is 1.60 bits per heavy atom.